The van der Waals surface area contributed by atoms with Crippen LogP contribution in [0.25, 0.3) is 0 Å². The van der Waals surface area contributed by atoms with E-state index < -0.39 is 0 Å². The van der Waals surface area contributed by atoms with Crippen LogP contribution in [0, 0.1) is 12.3 Å². The van der Waals surface area contributed by atoms with Crippen LogP contribution in [0.1, 0.15) is 29.8 Å². The number of nitrogens with one attached hydrogen (secondary N) is 1. The molecular weight excluding hydrogens is 202 g/mol. The molecule has 0 aliphatic heterocycles. The summed E-state index contributed by atoms with van der Waals surface area (Å²) in [5.74, 6) is 2.37. The molecule has 0 aromatic carbocycles. The number of carbonyl (C=O) groups excluding carboxylic acids is 1. The van der Waals surface area contributed by atoms with Gasteiger partial charge in [0.25, 0.3) is 5.91 Å². The molecule has 0 spiro atoms. The van der Waals surface area contributed by atoms with Crippen molar-refractivity contribution in [2.24, 2.45) is 0 Å². The SMILES string of the molecule is C#CCCCCNC(=O)c1ccc(N)cn1. The van der Waals surface area contributed by atoms with Gasteiger partial charge in [-0.15, -0.1) is 12.3 Å². The van der Waals surface area contributed by atoms with Gasteiger partial charge in [0.15, 0.2) is 0 Å². The Balaban J connectivity index is 2.30. The molecule has 0 radical (unpaired) electrons. The molecule has 4 nitrogen and oxygen atoms in total. The van der Waals surface area contributed by atoms with Crippen molar-refractivity contribution in [3.8, 4) is 12.3 Å². The lowest BCUT2D eigenvalue weighted by Gasteiger charge is -2.03. The molecule has 1 aromatic rings. The van der Waals surface area contributed by atoms with E-state index in [0.717, 1.165) is 19.3 Å². The second-order valence-electron chi connectivity index (χ2n) is 3.39. The number of aromatic nitrogens is 1. The Kier molecular flexibility index (Phi) is 4.87. The Morgan fingerprint density at radius 3 is 2.94 bits per heavy atom. The summed E-state index contributed by atoms with van der Waals surface area (Å²) >= 11 is 0. The van der Waals surface area contributed by atoms with Crippen molar-refractivity contribution in [3.05, 3.63) is 24.0 Å². The highest BCUT2D eigenvalue weighted by atomic mass is 16.1. The zero-order valence-electron chi connectivity index (χ0n) is 9.07. The monoisotopic (exact) mass is 217 g/mol. The van der Waals surface area contributed by atoms with Gasteiger partial charge in [-0.25, -0.2) is 4.98 Å². The predicted molar refractivity (Wildman–Crippen MR) is 63.7 cm³/mol. The first-order valence-corrected chi connectivity index (χ1v) is 5.17. The first-order valence-electron chi connectivity index (χ1n) is 5.17. The normalized spacial score (nSPS) is 9.44. The second kappa shape index (κ2) is 6.46. The van der Waals surface area contributed by atoms with Crippen LogP contribution in [-0.4, -0.2) is 17.4 Å². The number of anilines is 1. The molecule has 0 aliphatic carbocycles. The molecule has 1 aromatic heterocycles. The van der Waals surface area contributed by atoms with Crippen LogP contribution in [0.3, 0.4) is 0 Å². The van der Waals surface area contributed by atoms with Gasteiger partial charge in [-0.05, 0) is 25.0 Å². The van der Waals surface area contributed by atoms with Gasteiger partial charge in [0, 0.05) is 13.0 Å². The average molecular weight is 217 g/mol. The largest absolute Gasteiger partial charge is 0.397 e. The number of unbranched alkanes of at least 4 members (excludes halogenated alkanes) is 2. The summed E-state index contributed by atoms with van der Waals surface area (Å²) in [6.45, 7) is 0.618. The molecule has 84 valence electrons. The minimum atomic E-state index is -0.180. The molecule has 0 aliphatic rings. The molecule has 0 unspecified atom stereocenters. The molecule has 0 bridgehead atoms. The molecule has 0 saturated carbocycles. The lowest BCUT2D eigenvalue weighted by molar-refractivity contribution is 0.0948. The van der Waals surface area contributed by atoms with Crippen LogP contribution in [0.4, 0.5) is 5.69 Å². The molecule has 0 atom stereocenters. The maximum Gasteiger partial charge on any atom is 0.269 e. The first-order chi connectivity index (χ1) is 7.74. The third-order valence-electron chi connectivity index (χ3n) is 2.05. The van der Waals surface area contributed by atoms with Crippen LogP contribution in [0.15, 0.2) is 18.3 Å². The average Bonchev–Trinajstić information content (AvgIpc) is 2.29. The van der Waals surface area contributed by atoms with Crippen LogP contribution in [0.2, 0.25) is 0 Å². The number of pyridine rings is 1. The topological polar surface area (TPSA) is 68.0 Å². The number of amides is 1. The van der Waals surface area contributed by atoms with Gasteiger partial charge in [0.1, 0.15) is 5.69 Å². The van der Waals surface area contributed by atoms with Gasteiger partial charge in [-0.1, -0.05) is 0 Å². The van der Waals surface area contributed by atoms with Gasteiger partial charge in [-0.3, -0.25) is 4.79 Å². The van der Waals surface area contributed by atoms with Crippen molar-refractivity contribution in [2.45, 2.75) is 19.3 Å². The van der Waals surface area contributed by atoms with Crippen molar-refractivity contribution in [1.29, 1.82) is 0 Å². The number of nitrogens with two attached hydrogens (primary N) is 1. The third kappa shape index (κ3) is 4.01. The van der Waals surface area contributed by atoms with Crippen molar-refractivity contribution in [1.82, 2.24) is 10.3 Å². The van der Waals surface area contributed by atoms with E-state index in [2.05, 4.69) is 16.2 Å². The summed E-state index contributed by atoms with van der Waals surface area (Å²) in [6, 6.07) is 3.26. The summed E-state index contributed by atoms with van der Waals surface area (Å²) in [5, 5.41) is 2.77. The number of carbonyl (C=O) groups is 1. The molecule has 0 saturated heterocycles. The maximum atomic E-state index is 11.5. The van der Waals surface area contributed by atoms with Crippen LogP contribution in [-0.2, 0) is 0 Å². The fourth-order valence-electron chi connectivity index (χ4n) is 1.18. The number of nitrogen functional groups attached to an aromatic ring is 1. The van der Waals surface area contributed by atoms with Crippen LogP contribution >= 0.6 is 0 Å². The fourth-order valence-corrected chi connectivity index (χ4v) is 1.18. The van der Waals surface area contributed by atoms with E-state index in [-0.39, 0.29) is 5.91 Å². The first kappa shape index (κ1) is 12.1. The quantitative estimate of drug-likeness (QED) is 0.575. The van der Waals surface area contributed by atoms with Crippen molar-refractivity contribution >= 4 is 11.6 Å². The van der Waals surface area contributed by atoms with Crippen molar-refractivity contribution in [2.75, 3.05) is 12.3 Å². The lowest BCUT2D eigenvalue weighted by Crippen LogP contribution is -2.25. The Morgan fingerprint density at radius 2 is 2.31 bits per heavy atom. The predicted octanol–water partition coefficient (Wildman–Crippen LogP) is 1.20. The minimum Gasteiger partial charge on any atom is -0.397 e. The number of hydrogen-bond donors (Lipinski definition) is 2. The van der Waals surface area contributed by atoms with Crippen molar-refractivity contribution in [3.63, 3.8) is 0 Å². The third-order valence-corrected chi connectivity index (χ3v) is 2.05. The molecule has 0 fully saturated rings. The van der Waals surface area contributed by atoms with Gasteiger partial charge in [-0.2, -0.15) is 0 Å². The van der Waals surface area contributed by atoms with Crippen LogP contribution < -0.4 is 11.1 Å². The zero-order valence-corrected chi connectivity index (χ0v) is 9.07. The van der Waals surface area contributed by atoms with E-state index in [1.807, 2.05) is 0 Å². The highest BCUT2D eigenvalue weighted by Crippen LogP contribution is 2.01. The molecule has 4 heteroatoms. The van der Waals surface area contributed by atoms with Crippen LogP contribution in [0.5, 0.6) is 0 Å². The van der Waals surface area contributed by atoms with E-state index in [1.165, 1.54) is 6.20 Å². The van der Waals surface area contributed by atoms with Gasteiger partial charge < -0.3 is 11.1 Å². The highest BCUT2D eigenvalue weighted by molar-refractivity contribution is 5.92. The van der Waals surface area contributed by atoms with Gasteiger partial charge in [0.2, 0.25) is 0 Å². The molecule has 1 rings (SSSR count). The summed E-state index contributed by atoms with van der Waals surface area (Å²) in [4.78, 5) is 15.5. The minimum absolute atomic E-state index is 0.180. The molecule has 1 heterocycles. The maximum absolute atomic E-state index is 11.5. The smallest absolute Gasteiger partial charge is 0.269 e. The molecule has 16 heavy (non-hydrogen) atoms. The molecule has 3 N–H and O–H groups in total. The molecular formula is C12H15N3O. The summed E-state index contributed by atoms with van der Waals surface area (Å²) in [6.07, 6.45) is 9.13. The Bertz CT molecular complexity index is 378. The Hall–Kier alpha value is -2.02. The zero-order chi connectivity index (χ0) is 11.8. The molecule has 1 amide bonds. The van der Waals surface area contributed by atoms with E-state index in [9.17, 15) is 4.79 Å². The van der Waals surface area contributed by atoms with E-state index >= 15 is 0 Å². The van der Waals surface area contributed by atoms with Gasteiger partial charge >= 0.3 is 0 Å². The van der Waals surface area contributed by atoms with E-state index in [0.29, 0.717) is 17.9 Å². The van der Waals surface area contributed by atoms with E-state index in [4.69, 9.17) is 12.2 Å². The number of hydrogen-bond acceptors (Lipinski definition) is 3. The fraction of sp³-hybridized carbons (Fsp3) is 0.333. The summed E-state index contributed by atoms with van der Waals surface area (Å²) < 4.78 is 0. The second-order valence-corrected chi connectivity index (χ2v) is 3.39. The standard InChI is InChI=1S/C12H15N3O/c1-2-3-4-5-8-14-12(16)11-7-6-10(13)9-15-11/h1,6-7,9H,3-5,8,13H2,(H,14,16). The summed E-state index contributed by atoms with van der Waals surface area (Å²) in [7, 11) is 0. The number of nitrogens with zero attached hydrogens (tertiary/aromatic N) is 1. The Labute approximate surface area is 95.3 Å². The van der Waals surface area contributed by atoms with Crippen molar-refractivity contribution < 1.29 is 4.79 Å². The van der Waals surface area contributed by atoms with E-state index in [1.54, 1.807) is 12.1 Å². The highest BCUT2D eigenvalue weighted by Gasteiger charge is 2.04. The lowest BCUT2D eigenvalue weighted by atomic mass is 10.2. The number of terminal acetylenes is 1. The number of rotatable bonds is 5. The van der Waals surface area contributed by atoms with Gasteiger partial charge in [0.05, 0.1) is 11.9 Å². The Morgan fingerprint density at radius 1 is 1.50 bits per heavy atom. The summed E-state index contributed by atoms with van der Waals surface area (Å²) in [5.41, 5.74) is 6.40.